The lowest BCUT2D eigenvalue weighted by molar-refractivity contribution is -0.121. The molecule has 0 aromatic heterocycles. The van der Waals surface area contributed by atoms with Crippen LogP contribution in [0, 0.1) is 0 Å². The Morgan fingerprint density at radius 2 is 1.86 bits per heavy atom. The van der Waals surface area contributed by atoms with E-state index in [-0.39, 0.29) is 17.4 Å². The van der Waals surface area contributed by atoms with Crippen LogP contribution in [0.15, 0.2) is 53.6 Å². The van der Waals surface area contributed by atoms with Gasteiger partial charge in [-0.2, -0.15) is 5.10 Å². The lowest BCUT2D eigenvalue weighted by Crippen LogP contribution is -2.19. The van der Waals surface area contributed by atoms with Crippen LogP contribution in [0.2, 0.25) is 0 Å². The number of phenolic OH excluding ortho intramolecular Hbond substituents is 2. The van der Waals surface area contributed by atoms with Gasteiger partial charge in [0.05, 0.1) is 5.71 Å². The van der Waals surface area contributed by atoms with Crippen LogP contribution < -0.4 is 5.43 Å². The maximum Gasteiger partial charge on any atom is 0.240 e. The van der Waals surface area contributed by atoms with E-state index in [1.54, 1.807) is 13.0 Å². The number of nitrogens with zero attached hydrogens (tertiary/aromatic N) is 1. The van der Waals surface area contributed by atoms with Crippen molar-refractivity contribution in [3.63, 3.8) is 0 Å². The van der Waals surface area contributed by atoms with Gasteiger partial charge in [0, 0.05) is 18.1 Å². The molecular formula is C17H18N2O3. The molecule has 0 unspecified atom stereocenters. The fourth-order valence-corrected chi connectivity index (χ4v) is 1.99. The van der Waals surface area contributed by atoms with Crippen molar-refractivity contribution in [2.24, 2.45) is 5.10 Å². The number of aromatic hydroxyl groups is 2. The van der Waals surface area contributed by atoms with E-state index < -0.39 is 0 Å². The van der Waals surface area contributed by atoms with Gasteiger partial charge in [-0.15, -0.1) is 0 Å². The van der Waals surface area contributed by atoms with Crippen LogP contribution in [-0.2, 0) is 11.2 Å². The number of hydrogen-bond donors (Lipinski definition) is 3. The van der Waals surface area contributed by atoms with Gasteiger partial charge < -0.3 is 10.2 Å². The van der Waals surface area contributed by atoms with Crippen molar-refractivity contribution in [2.75, 3.05) is 0 Å². The minimum Gasteiger partial charge on any atom is -0.508 e. The molecule has 5 heteroatoms. The topological polar surface area (TPSA) is 81.9 Å². The van der Waals surface area contributed by atoms with Crippen molar-refractivity contribution in [2.45, 2.75) is 19.8 Å². The Morgan fingerprint density at radius 1 is 1.14 bits per heavy atom. The first-order valence-corrected chi connectivity index (χ1v) is 6.95. The molecule has 0 aliphatic carbocycles. The maximum absolute atomic E-state index is 11.8. The summed E-state index contributed by atoms with van der Waals surface area (Å²) >= 11 is 0. The van der Waals surface area contributed by atoms with Crippen LogP contribution in [0.25, 0.3) is 0 Å². The zero-order valence-corrected chi connectivity index (χ0v) is 12.3. The number of carbonyl (C=O) groups is 1. The molecular weight excluding hydrogens is 280 g/mol. The van der Waals surface area contributed by atoms with E-state index in [0.29, 0.717) is 24.1 Å². The zero-order chi connectivity index (χ0) is 15.9. The first-order chi connectivity index (χ1) is 10.6. The molecule has 0 spiro atoms. The summed E-state index contributed by atoms with van der Waals surface area (Å²) in [6, 6.07) is 14.0. The second kappa shape index (κ2) is 7.26. The smallest absolute Gasteiger partial charge is 0.240 e. The minimum absolute atomic E-state index is 0.0269. The molecule has 0 saturated carbocycles. The van der Waals surface area contributed by atoms with Gasteiger partial charge in [0.25, 0.3) is 0 Å². The van der Waals surface area contributed by atoms with E-state index in [0.717, 1.165) is 5.56 Å². The number of nitrogens with one attached hydrogen (secondary N) is 1. The molecule has 0 fully saturated rings. The average Bonchev–Trinajstić information content (AvgIpc) is 2.51. The highest BCUT2D eigenvalue weighted by Gasteiger charge is 2.07. The highest BCUT2D eigenvalue weighted by molar-refractivity contribution is 6.01. The number of aryl methyl sites for hydroxylation is 1. The minimum atomic E-state index is -0.193. The molecule has 22 heavy (non-hydrogen) atoms. The first kappa shape index (κ1) is 15.6. The van der Waals surface area contributed by atoms with Crippen LogP contribution >= 0.6 is 0 Å². The van der Waals surface area contributed by atoms with E-state index in [9.17, 15) is 15.0 Å². The Labute approximate surface area is 128 Å². The summed E-state index contributed by atoms with van der Waals surface area (Å²) in [6.45, 7) is 1.67. The largest absolute Gasteiger partial charge is 0.508 e. The molecule has 0 saturated heterocycles. The summed E-state index contributed by atoms with van der Waals surface area (Å²) in [5, 5.41) is 22.9. The third-order valence-corrected chi connectivity index (χ3v) is 3.20. The SMILES string of the molecule is C/C(=N\NC(=O)CCc1ccccc1)c1ccc(O)cc1O. The zero-order valence-electron chi connectivity index (χ0n) is 12.3. The quantitative estimate of drug-likeness (QED) is 0.586. The molecule has 0 heterocycles. The number of rotatable bonds is 5. The summed E-state index contributed by atoms with van der Waals surface area (Å²) in [4.78, 5) is 11.8. The van der Waals surface area contributed by atoms with Crippen molar-refractivity contribution in [3.8, 4) is 11.5 Å². The lowest BCUT2D eigenvalue weighted by atomic mass is 10.1. The Bertz CT molecular complexity index is 682. The van der Waals surface area contributed by atoms with Crippen LogP contribution in [0.5, 0.6) is 11.5 Å². The highest BCUT2D eigenvalue weighted by Crippen LogP contribution is 2.22. The Hall–Kier alpha value is -2.82. The molecule has 114 valence electrons. The van der Waals surface area contributed by atoms with E-state index in [1.807, 2.05) is 30.3 Å². The standard InChI is InChI=1S/C17H18N2O3/c1-12(15-9-8-14(20)11-16(15)21)18-19-17(22)10-7-13-5-3-2-4-6-13/h2-6,8-9,11,20-21H,7,10H2,1H3,(H,19,22)/b18-12+. The predicted molar refractivity (Wildman–Crippen MR) is 84.9 cm³/mol. The van der Waals surface area contributed by atoms with Crippen molar-refractivity contribution < 1.29 is 15.0 Å². The number of hydrogen-bond acceptors (Lipinski definition) is 4. The van der Waals surface area contributed by atoms with Gasteiger partial charge in [0.1, 0.15) is 11.5 Å². The molecule has 3 N–H and O–H groups in total. The van der Waals surface area contributed by atoms with Gasteiger partial charge in [-0.3, -0.25) is 4.79 Å². The molecule has 2 aromatic rings. The van der Waals surface area contributed by atoms with E-state index in [4.69, 9.17) is 0 Å². The Kier molecular flexibility index (Phi) is 5.14. The van der Waals surface area contributed by atoms with E-state index >= 15 is 0 Å². The summed E-state index contributed by atoms with van der Waals surface area (Å²) in [6.07, 6.45) is 0.980. The van der Waals surface area contributed by atoms with Gasteiger partial charge in [0.2, 0.25) is 5.91 Å². The molecule has 0 aliphatic heterocycles. The number of hydrazone groups is 1. The molecule has 2 aromatic carbocycles. The number of benzene rings is 2. The summed E-state index contributed by atoms with van der Waals surface area (Å²) in [7, 11) is 0. The number of phenols is 2. The summed E-state index contributed by atoms with van der Waals surface area (Å²) < 4.78 is 0. The Morgan fingerprint density at radius 3 is 2.55 bits per heavy atom. The molecule has 0 atom stereocenters. The molecule has 0 bridgehead atoms. The fraction of sp³-hybridized carbons (Fsp3) is 0.176. The van der Waals surface area contributed by atoms with Crippen LogP contribution in [0.1, 0.15) is 24.5 Å². The highest BCUT2D eigenvalue weighted by atomic mass is 16.3. The van der Waals surface area contributed by atoms with Crippen molar-refractivity contribution >= 4 is 11.6 Å². The maximum atomic E-state index is 11.8. The fourth-order valence-electron chi connectivity index (χ4n) is 1.99. The molecule has 2 rings (SSSR count). The van der Waals surface area contributed by atoms with Crippen molar-refractivity contribution in [1.29, 1.82) is 0 Å². The van der Waals surface area contributed by atoms with Crippen molar-refractivity contribution in [3.05, 3.63) is 59.7 Å². The average molecular weight is 298 g/mol. The molecule has 1 amide bonds. The van der Waals surface area contributed by atoms with Crippen LogP contribution in [0.4, 0.5) is 0 Å². The van der Waals surface area contributed by atoms with Crippen LogP contribution in [-0.4, -0.2) is 21.8 Å². The van der Waals surface area contributed by atoms with Gasteiger partial charge >= 0.3 is 0 Å². The second-order valence-electron chi connectivity index (χ2n) is 4.92. The monoisotopic (exact) mass is 298 g/mol. The van der Waals surface area contributed by atoms with Gasteiger partial charge in [-0.1, -0.05) is 30.3 Å². The van der Waals surface area contributed by atoms with Crippen LogP contribution in [0.3, 0.4) is 0 Å². The number of amides is 1. The second-order valence-corrected chi connectivity index (χ2v) is 4.92. The summed E-state index contributed by atoms with van der Waals surface area (Å²) in [5.41, 5.74) is 4.48. The van der Waals surface area contributed by atoms with Crippen molar-refractivity contribution in [1.82, 2.24) is 5.43 Å². The first-order valence-electron chi connectivity index (χ1n) is 6.95. The van der Waals surface area contributed by atoms with Gasteiger partial charge in [-0.05, 0) is 31.0 Å². The summed E-state index contributed by atoms with van der Waals surface area (Å²) in [5.74, 6) is -0.304. The predicted octanol–water partition coefficient (Wildman–Crippen LogP) is 2.57. The van der Waals surface area contributed by atoms with Gasteiger partial charge in [0.15, 0.2) is 0 Å². The third-order valence-electron chi connectivity index (χ3n) is 3.20. The molecule has 0 radical (unpaired) electrons. The van der Waals surface area contributed by atoms with Gasteiger partial charge in [-0.25, -0.2) is 5.43 Å². The van der Waals surface area contributed by atoms with E-state index in [2.05, 4.69) is 10.5 Å². The number of carbonyl (C=O) groups excluding carboxylic acids is 1. The normalized spacial score (nSPS) is 11.2. The lowest BCUT2D eigenvalue weighted by Gasteiger charge is -2.05. The van der Waals surface area contributed by atoms with E-state index in [1.165, 1.54) is 12.1 Å². The molecule has 5 nitrogen and oxygen atoms in total. The Balaban J connectivity index is 1.91. The third kappa shape index (κ3) is 4.34. The molecule has 0 aliphatic rings.